The zero-order valence-electron chi connectivity index (χ0n) is 15.2. The number of benzene rings is 2. The normalized spacial score (nSPS) is 14.6. The molecule has 2 aromatic rings. The first-order valence-corrected chi connectivity index (χ1v) is 10.2. The average molecular weight is 405 g/mol. The van der Waals surface area contributed by atoms with E-state index >= 15 is 0 Å². The average Bonchev–Trinajstić information content (AvgIpc) is 3.24. The maximum atomic E-state index is 13.5. The monoisotopic (exact) mass is 405 g/mol. The van der Waals surface area contributed by atoms with E-state index in [1.165, 1.54) is 40.7 Å². The van der Waals surface area contributed by atoms with Crippen LogP contribution in [0.4, 0.5) is 4.39 Å². The summed E-state index contributed by atoms with van der Waals surface area (Å²) in [6.45, 7) is 2.57. The van der Waals surface area contributed by atoms with Crippen molar-refractivity contribution in [1.29, 1.82) is 0 Å². The molecule has 2 N–H and O–H groups in total. The molecule has 3 rings (SSSR count). The third-order valence-electron chi connectivity index (χ3n) is 4.54. The molecule has 0 saturated carbocycles. The van der Waals surface area contributed by atoms with Crippen LogP contribution in [0.15, 0.2) is 47.4 Å². The SMILES string of the molecule is Cc1ccc(C(=O)NNC(=O)c2ccc(S(=O)(=O)N3CCCC3)cc2)cc1F. The van der Waals surface area contributed by atoms with E-state index in [4.69, 9.17) is 0 Å². The second-order valence-electron chi connectivity index (χ2n) is 6.51. The van der Waals surface area contributed by atoms with E-state index in [1.807, 2.05) is 0 Å². The molecular weight excluding hydrogens is 385 g/mol. The summed E-state index contributed by atoms with van der Waals surface area (Å²) in [7, 11) is -3.55. The third-order valence-corrected chi connectivity index (χ3v) is 6.46. The fourth-order valence-corrected chi connectivity index (χ4v) is 4.36. The highest BCUT2D eigenvalue weighted by molar-refractivity contribution is 7.89. The van der Waals surface area contributed by atoms with Crippen LogP contribution in [0.2, 0.25) is 0 Å². The Labute approximate surface area is 162 Å². The number of carbonyl (C=O) groups is 2. The first-order valence-electron chi connectivity index (χ1n) is 8.76. The smallest absolute Gasteiger partial charge is 0.267 e. The van der Waals surface area contributed by atoms with E-state index in [0.29, 0.717) is 18.7 Å². The molecule has 2 aromatic carbocycles. The summed E-state index contributed by atoms with van der Waals surface area (Å²) < 4.78 is 39.9. The van der Waals surface area contributed by atoms with Crippen LogP contribution >= 0.6 is 0 Å². The van der Waals surface area contributed by atoms with E-state index in [1.54, 1.807) is 6.92 Å². The second-order valence-corrected chi connectivity index (χ2v) is 8.45. The van der Waals surface area contributed by atoms with Gasteiger partial charge < -0.3 is 0 Å². The zero-order valence-corrected chi connectivity index (χ0v) is 16.1. The first-order chi connectivity index (χ1) is 13.3. The Bertz CT molecular complexity index is 1000. The molecule has 9 heteroatoms. The summed E-state index contributed by atoms with van der Waals surface area (Å²) in [4.78, 5) is 24.3. The first kappa shape index (κ1) is 20.0. The number of hydrogen-bond acceptors (Lipinski definition) is 4. The lowest BCUT2D eigenvalue weighted by atomic mass is 10.1. The van der Waals surface area contributed by atoms with Gasteiger partial charge in [-0.15, -0.1) is 0 Å². The second kappa shape index (κ2) is 8.07. The lowest BCUT2D eigenvalue weighted by molar-refractivity contribution is 0.0846. The fourth-order valence-electron chi connectivity index (χ4n) is 2.85. The highest BCUT2D eigenvalue weighted by Gasteiger charge is 2.27. The van der Waals surface area contributed by atoms with Crippen LogP contribution in [0.25, 0.3) is 0 Å². The summed E-state index contributed by atoms with van der Waals surface area (Å²) in [6.07, 6.45) is 1.68. The molecule has 148 valence electrons. The predicted molar refractivity (Wildman–Crippen MR) is 101 cm³/mol. The number of aryl methyl sites for hydroxylation is 1. The number of hydrogen-bond donors (Lipinski definition) is 2. The van der Waals surface area contributed by atoms with Gasteiger partial charge in [0.15, 0.2) is 0 Å². The van der Waals surface area contributed by atoms with Crippen molar-refractivity contribution < 1.29 is 22.4 Å². The van der Waals surface area contributed by atoms with Crippen LogP contribution in [-0.2, 0) is 10.0 Å². The van der Waals surface area contributed by atoms with Crippen LogP contribution in [0.1, 0.15) is 39.1 Å². The summed E-state index contributed by atoms with van der Waals surface area (Å²) in [5, 5.41) is 0. The molecule has 1 heterocycles. The van der Waals surface area contributed by atoms with Gasteiger partial charge in [-0.1, -0.05) is 6.07 Å². The lowest BCUT2D eigenvalue weighted by Gasteiger charge is -2.15. The quantitative estimate of drug-likeness (QED) is 0.761. The van der Waals surface area contributed by atoms with Crippen LogP contribution in [-0.4, -0.2) is 37.6 Å². The number of nitrogens with one attached hydrogen (secondary N) is 2. The maximum Gasteiger partial charge on any atom is 0.269 e. The lowest BCUT2D eigenvalue weighted by Crippen LogP contribution is -2.41. The minimum Gasteiger partial charge on any atom is -0.267 e. The molecule has 0 unspecified atom stereocenters. The van der Waals surface area contributed by atoms with Crippen LogP contribution in [0.3, 0.4) is 0 Å². The van der Waals surface area contributed by atoms with E-state index in [9.17, 15) is 22.4 Å². The predicted octanol–water partition coefficient (Wildman–Crippen LogP) is 1.99. The zero-order chi connectivity index (χ0) is 20.3. The minimum atomic E-state index is -3.55. The van der Waals surface area contributed by atoms with Gasteiger partial charge in [-0.3, -0.25) is 20.4 Å². The Kier molecular flexibility index (Phi) is 5.76. The van der Waals surface area contributed by atoms with Crippen molar-refractivity contribution in [3.8, 4) is 0 Å². The number of sulfonamides is 1. The molecule has 0 aromatic heterocycles. The number of hydrazine groups is 1. The van der Waals surface area contributed by atoms with Crippen molar-refractivity contribution in [2.45, 2.75) is 24.7 Å². The third kappa shape index (κ3) is 4.20. The molecule has 0 radical (unpaired) electrons. The van der Waals surface area contributed by atoms with Gasteiger partial charge in [-0.05, 0) is 61.7 Å². The van der Waals surface area contributed by atoms with E-state index in [0.717, 1.165) is 18.9 Å². The summed E-state index contributed by atoms with van der Waals surface area (Å²) >= 11 is 0. The molecule has 1 aliphatic heterocycles. The van der Waals surface area contributed by atoms with Crippen molar-refractivity contribution >= 4 is 21.8 Å². The molecule has 2 amide bonds. The molecular formula is C19H20FN3O4S. The van der Waals surface area contributed by atoms with Gasteiger partial charge in [-0.25, -0.2) is 12.8 Å². The molecule has 1 aliphatic rings. The Balaban J connectivity index is 1.63. The van der Waals surface area contributed by atoms with Crippen LogP contribution in [0, 0.1) is 12.7 Å². The number of halogens is 1. The summed E-state index contributed by atoms with van der Waals surface area (Å²) in [5.41, 5.74) is 5.07. The standard InChI is InChI=1S/C19H20FN3O4S/c1-13-4-5-15(12-17(13)20)19(25)22-21-18(24)14-6-8-16(9-7-14)28(26,27)23-10-2-3-11-23/h4-9,12H,2-3,10-11H2,1H3,(H,21,24)(H,22,25). The van der Waals surface area contributed by atoms with Gasteiger partial charge in [0.1, 0.15) is 5.82 Å². The van der Waals surface area contributed by atoms with Crippen molar-refractivity contribution in [2.24, 2.45) is 0 Å². The molecule has 0 aliphatic carbocycles. The van der Waals surface area contributed by atoms with Gasteiger partial charge in [0.25, 0.3) is 11.8 Å². The Morgan fingerprint density at radius 3 is 2.04 bits per heavy atom. The Morgan fingerprint density at radius 2 is 1.46 bits per heavy atom. The van der Waals surface area contributed by atoms with Gasteiger partial charge in [0.05, 0.1) is 4.90 Å². The molecule has 0 spiro atoms. The number of amides is 2. The molecule has 1 fully saturated rings. The van der Waals surface area contributed by atoms with Gasteiger partial charge in [0, 0.05) is 24.2 Å². The Hall–Kier alpha value is -2.78. The van der Waals surface area contributed by atoms with Crippen molar-refractivity contribution in [1.82, 2.24) is 15.2 Å². The fraction of sp³-hybridized carbons (Fsp3) is 0.263. The van der Waals surface area contributed by atoms with Gasteiger partial charge in [-0.2, -0.15) is 4.31 Å². The number of rotatable bonds is 4. The van der Waals surface area contributed by atoms with Crippen LogP contribution in [0.5, 0.6) is 0 Å². The summed E-state index contributed by atoms with van der Waals surface area (Å²) in [6, 6.07) is 9.45. The number of carbonyl (C=O) groups excluding carboxylic acids is 2. The Morgan fingerprint density at radius 1 is 0.929 bits per heavy atom. The molecule has 0 bridgehead atoms. The molecule has 1 saturated heterocycles. The maximum absolute atomic E-state index is 13.5. The molecule has 0 atom stereocenters. The largest absolute Gasteiger partial charge is 0.269 e. The van der Waals surface area contributed by atoms with Crippen molar-refractivity contribution in [3.05, 3.63) is 65.0 Å². The molecule has 28 heavy (non-hydrogen) atoms. The highest BCUT2D eigenvalue weighted by Crippen LogP contribution is 2.21. The van der Waals surface area contributed by atoms with E-state index in [2.05, 4.69) is 10.9 Å². The van der Waals surface area contributed by atoms with Crippen molar-refractivity contribution in [3.63, 3.8) is 0 Å². The van der Waals surface area contributed by atoms with Gasteiger partial charge in [0.2, 0.25) is 10.0 Å². The minimum absolute atomic E-state index is 0.0652. The van der Waals surface area contributed by atoms with E-state index < -0.39 is 27.7 Å². The number of nitrogens with zero attached hydrogens (tertiary/aromatic N) is 1. The van der Waals surface area contributed by atoms with E-state index in [-0.39, 0.29) is 16.0 Å². The topological polar surface area (TPSA) is 95.6 Å². The summed E-state index contributed by atoms with van der Waals surface area (Å²) in [5.74, 6) is -1.81. The van der Waals surface area contributed by atoms with Crippen LogP contribution < -0.4 is 10.9 Å². The van der Waals surface area contributed by atoms with Gasteiger partial charge >= 0.3 is 0 Å². The highest BCUT2D eigenvalue weighted by atomic mass is 32.2. The van der Waals surface area contributed by atoms with Crippen molar-refractivity contribution in [2.75, 3.05) is 13.1 Å². The molecule has 7 nitrogen and oxygen atoms in total.